The van der Waals surface area contributed by atoms with Crippen LogP contribution in [0.1, 0.15) is 30.6 Å². The molecule has 1 saturated heterocycles. The molecule has 0 N–H and O–H groups in total. The Balaban J connectivity index is 2.47. The van der Waals surface area contributed by atoms with Crippen LogP contribution in [0.5, 0.6) is 11.5 Å². The Morgan fingerprint density at radius 3 is 2.15 bits per heavy atom. The van der Waals surface area contributed by atoms with Crippen molar-refractivity contribution in [3.63, 3.8) is 0 Å². The van der Waals surface area contributed by atoms with Gasteiger partial charge in [-0.2, -0.15) is 0 Å². The van der Waals surface area contributed by atoms with Gasteiger partial charge in [-0.25, -0.2) is 0 Å². The molecule has 0 spiro atoms. The molecule has 108 valence electrons. The lowest BCUT2D eigenvalue weighted by molar-refractivity contribution is -0.123. The highest BCUT2D eigenvalue weighted by molar-refractivity contribution is 6.04. The van der Waals surface area contributed by atoms with Gasteiger partial charge < -0.3 is 14.4 Å². The van der Waals surface area contributed by atoms with Crippen molar-refractivity contribution in [2.75, 3.05) is 20.8 Å². The molecule has 0 bridgehead atoms. The van der Waals surface area contributed by atoms with Gasteiger partial charge in [0.2, 0.25) is 0 Å². The molecule has 20 heavy (non-hydrogen) atoms. The topological polar surface area (TPSA) is 55.8 Å². The number of ketones is 1. The number of carbonyl (C=O) groups excluding carboxylic acids is 2. The van der Waals surface area contributed by atoms with Gasteiger partial charge in [0, 0.05) is 13.0 Å². The number of ether oxygens (including phenoxy) is 2. The summed E-state index contributed by atoms with van der Waals surface area (Å²) in [5.74, 6) is 0.726. The van der Waals surface area contributed by atoms with Gasteiger partial charge in [0.15, 0.2) is 5.78 Å². The molecule has 1 amide bonds. The van der Waals surface area contributed by atoms with E-state index >= 15 is 0 Å². The van der Waals surface area contributed by atoms with Gasteiger partial charge in [-0.1, -0.05) is 6.07 Å². The van der Waals surface area contributed by atoms with Crippen LogP contribution in [0.15, 0.2) is 18.2 Å². The highest BCUT2D eigenvalue weighted by atomic mass is 16.5. The van der Waals surface area contributed by atoms with Gasteiger partial charge in [0.1, 0.15) is 17.1 Å². The van der Waals surface area contributed by atoms with Gasteiger partial charge in [0.25, 0.3) is 5.91 Å². The molecule has 0 aliphatic carbocycles. The molecule has 2 rings (SSSR count). The van der Waals surface area contributed by atoms with Crippen molar-refractivity contribution in [2.24, 2.45) is 0 Å². The summed E-state index contributed by atoms with van der Waals surface area (Å²) < 4.78 is 10.5. The molecule has 0 aromatic heterocycles. The van der Waals surface area contributed by atoms with E-state index in [1.54, 1.807) is 36.9 Å². The lowest BCUT2D eigenvalue weighted by atomic mass is 9.99. The largest absolute Gasteiger partial charge is 0.496 e. The van der Waals surface area contributed by atoms with E-state index in [1.165, 1.54) is 14.2 Å². The first-order valence-corrected chi connectivity index (χ1v) is 6.49. The lowest BCUT2D eigenvalue weighted by Crippen LogP contribution is -2.46. The predicted octanol–water partition coefficient (Wildman–Crippen LogP) is 1.90. The van der Waals surface area contributed by atoms with Gasteiger partial charge in [0.05, 0.1) is 19.8 Å². The minimum Gasteiger partial charge on any atom is -0.496 e. The summed E-state index contributed by atoms with van der Waals surface area (Å²) in [4.78, 5) is 26.3. The number of methoxy groups -OCH3 is 2. The average molecular weight is 277 g/mol. The maximum atomic E-state index is 12.8. The standard InChI is InChI=1S/C15H19NO4/c1-15(2)12(17)8-9-16(15)14(18)13-10(19-3)6-5-7-11(13)20-4/h5-7H,8-9H2,1-4H3. The van der Waals surface area contributed by atoms with E-state index in [-0.39, 0.29) is 11.7 Å². The molecular formula is C15H19NO4. The SMILES string of the molecule is COc1cccc(OC)c1C(=O)N1CCC(=O)C1(C)C. The van der Waals surface area contributed by atoms with E-state index in [0.29, 0.717) is 30.0 Å². The average Bonchev–Trinajstić information content (AvgIpc) is 2.71. The Kier molecular flexibility index (Phi) is 3.70. The van der Waals surface area contributed by atoms with Crippen LogP contribution in [0, 0.1) is 0 Å². The molecule has 0 atom stereocenters. The fraction of sp³-hybridized carbons (Fsp3) is 0.467. The van der Waals surface area contributed by atoms with Crippen LogP contribution in [0.25, 0.3) is 0 Å². The predicted molar refractivity (Wildman–Crippen MR) is 74.3 cm³/mol. The number of carbonyl (C=O) groups is 2. The van der Waals surface area contributed by atoms with Crippen molar-refractivity contribution in [3.05, 3.63) is 23.8 Å². The minimum absolute atomic E-state index is 0.0692. The van der Waals surface area contributed by atoms with Crippen molar-refractivity contribution in [3.8, 4) is 11.5 Å². The number of nitrogens with zero attached hydrogens (tertiary/aromatic N) is 1. The minimum atomic E-state index is -0.789. The van der Waals surface area contributed by atoms with Crippen LogP contribution in [0.2, 0.25) is 0 Å². The first-order valence-electron chi connectivity index (χ1n) is 6.49. The fourth-order valence-electron chi connectivity index (χ4n) is 2.50. The zero-order valence-electron chi connectivity index (χ0n) is 12.2. The molecule has 5 heteroatoms. The Morgan fingerprint density at radius 2 is 1.75 bits per heavy atom. The van der Waals surface area contributed by atoms with Gasteiger partial charge in [-0.3, -0.25) is 9.59 Å². The quantitative estimate of drug-likeness (QED) is 0.846. The zero-order valence-corrected chi connectivity index (χ0v) is 12.2. The first-order chi connectivity index (χ1) is 9.43. The summed E-state index contributed by atoms with van der Waals surface area (Å²) >= 11 is 0. The van der Waals surface area contributed by atoms with Crippen LogP contribution < -0.4 is 9.47 Å². The number of likely N-dealkylation sites (tertiary alicyclic amines) is 1. The smallest absolute Gasteiger partial charge is 0.262 e. The molecule has 1 heterocycles. The summed E-state index contributed by atoms with van der Waals surface area (Å²) in [5.41, 5.74) is -0.427. The molecule has 1 aliphatic heterocycles. The Labute approximate surface area is 118 Å². The number of hydrogen-bond donors (Lipinski definition) is 0. The number of Topliss-reactive ketones (excluding diaryl/α,β-unsaturated/α-hetero) is 1. The number of amides is 1. The van der Waals surface area contributed by atoms with Crippen LogP contribution >= 0.6 is 0 Å². The van der Waals surface area contributed by atoms with Crippen molar-refractivity contribution >= 4 is 11.7 Å². The number of hydrogen-bond acceptors (Lipinski definition) is 4. The maximum Gasteiger partial charge on any atom is 0.262 e. The van der Waals surface area contributed by atoms with E-state index in [9.17, 15) is 9.59 Å². The molecule has 1 aromatic rings. The molecule has 1 aliphatic rings. The van der Waals surface area contributed by atoms with Crippen LogP contribution in [0.3, 0.4) is 0 Å². The van der Waals surface area contributed by atoms with E-state index < -0.39 is 5.54 Å². The highest BCUT2D eigenvalue weighted by Crippen LogP contribution is 2.34. The molecule has 1 fully saturated rings. The second kappa shape index (κ2) is 5.15. The molecular weight excluding hydrogens is 258 g/mol. The van der Waals surface area contributed by atoms with Crippen LogP contribution in [-0.4, -0.2) is 42.9 Å². The van der Waals surface area contributed by atoms with Gasteiger partial charge in [-0.15, -0.1) is 0 Å². The lowest BCUT2D eigenvalue weighted by Gasteiger charge is -2.30. The van der Waals surface area contributed by atoms with E-state index in [1.807, 2.05) is 0 Å². The number of benzene rings is 1. The summed E-state index contributed by atoms with van der Waals surface area (Å²) in [5, 5.41) is 0. The highest BCUT2D eigenvalue weighted by Gasteiger charge is 2.44. The van der Waals surface area contributed by atoms with Gasteiger partial charge in [-0.05, 0) is 26.0 Å². The maximum absolute atomic E-state index is 12.8. The summed E-state index contributed by atoms with van der Waals surface area (Å²) in [6.45, 7) is 3.95. The summed E-state index contributed by atoms with van der Waals surface area (Å²) in [7, 11) is 3.01. The van der Waals surface area contributed by atoms with Crippen molar-refractivity contribution < 1.29 is 19.1 Å². The normalized spacial score (nSPS) is 17.2. The first kappa shape index (κ1) is 14.4. The molecule has 0 saturated carbocycles. The van der Waals surface area contributed by atoms with Crippen LogP contribution in [-0.2, 0) is 4.79 Å². The summed E-state index contributed by atoms with van der Waals surface area (Å²) in [6.07, 6.45) is 0.385. The number of rotatable bonds is 3. The second-order valence-corrected chi connectivity index (χ2v) is 5.23. The van der Waals surface area contributed by atoms with E-state index in [2.05, 4.69) is 0 Å². The second-order valence-electron chi connectivity index (χ2n) is 5.23. The Bertz CT molecular complexity index is 529. The Morgan fingerprint density at radius 1 is 1.20 bits per heavy atom. The van der Waals surface area contributed by atoms with Gasteiger partial charge >= 0.3 is 0 Å². The summed E-state index contributed by atoms with van der Waals surface area (Å²) in [6, 6.07) is 5.18. The molecule has 0 radical (unpaired) electrons. The Hall–Kier alpha value is -2.04. The van der Waals surface area contributed by atoms with Crippen LogP contribution in [0.4, 0.5) is 0 Å². The van der Waals surface area contributed by atoms with E-state index in [4.69, 9.17) is 9.47 Å². The third kappa shape index (κ3) is 2.13. The fourth-order valence-corrected chi connectivity index (χ4v) is 2.50. The third-order valence-corrected chi connectivity index (χ3v) is 3.81. The monoisotopic (exact) mass is 277 g/mol. The van der Waals surface area contributed by atoms with Crippen molar-refractivity contribution in [2.45, 2.75) is 25.8 Å². The van der Waals surface area contributed by atoms with Crippen molar-refractivity contribution in [1.82, 2.24) is 4.90 Å². The zero-order chi connectivity index (χ0) is 14.9. The van der Waals surface area contributed by atoms with Crippen molar-refractivity contribution in [1.29, 1.82) is 0 Å². The molecule has 1 aromatic carbocycles. The molecule has 0 unspecified atom stereocenters. The molecule has 5 nitrogen and oxygen atoms in total. The third-order valence-electron chi connectivity index (χ3n) is 3.81. The van der Waals surface area contributed by atoms with E-state index in [0.717, 1.165) is 0 Å².